The topological polar surface area (TPSA) is 99.9 Å². The summed E-state index contributed by atoms with van der Waals surface area (Å²) in [5.41, 5.74) is 1.62. The molecule has 0 bridgehead atoms. The van der Waals surface area contributed by atoms with Gasteiger partial charge in [0.1, 0.15) is 10.6 Å². The van der Waals surface area contributed by atoms with E-state index in [9.17, 15) is 14.7 Å². The molecule has 1 aliphatic rings. The average molecular weight is 511 g/mol. The first kappa shape index (κ1) is 26.2. The fourth-order valence-electron chi connectivity index (χ4n) is 3.69. The van der Waals surface area contributed by atoms with Crippen LogP contribution < -0.4 is 9.47 Å². The van der Waals surface area contributed by atoms with Crippen LogP contribution >= 0.6 is 23.4 Å². The number of benzene rings is 1. The molecule has 2 aromatic rings. The summed E-state index contributed by atoms with van der Waals surface area (Å²) in [6.07, 6.45) is 5.07. The van der Waals surface area contributed by atoms with Crippen molar-refractivity contribution in [2.45, 2.75) is 70.4 Å². The van der Waals surface area contributed by atoms with Crippen molar-refractivity contribution in [2.75, 3.05) is 19.2 Å². The third kappa shape index (κ3) is 6.82. The number of hydrogen-bond acceptors (Lipinski definition) is 7. The highest BCUT2D eigenvalue weighted by atomic mass is 35.5. The molecule has 2 heterocycles. The highest BCUT2D eigenvalue weighted by Crippen LogP contribution is 2.38. The van der Waals surface area contributed by atoms with Gasteiger partial charge in [-0.05, 0) is 43.6 Å². The summed E-state index contributed by atoms with van der Waals surface area (Å²) in [6, 6.07) is 3.52. The summed E-state index contributed by atoms with van der Waals surface area (Å²) >= 11 is 7.92. The maximum atomic E-state index is 12.3. The molecular weight excluding hydrogens is 480 g/mol. The molecule has 0 spiro atoms. The number of aromatic nitrogens is 2. The van der Waals surface area contributed by atoms with Gasteiger partial charge in [-0.3, -0.25) is 9.48 Å². The molecule has 0 saturated heterocycles. The number of carboxylic acid groups (broad SMARTS) is 1. The van der Waals surface area contributed by atoms with Crippen LogP contribution in [0.4, 0.5) is 0 Å². The van der Waals surface area contributed by atoms with Gasteiger partial charge in [-0.25, -0.2) is 4.79 Å². The highest BCUT2D eigenvalue weighted by Gasteiger charge is 2.25. The van der Waals surface area contributed by atoms with Gasteiger partial charge in [0.25, 0.3) is 0 Å². The Morgan fingerprint density at radius 1 is 1.18 bits per heavy atom. The first-order valence-corrected chi connectivity index (χ1v) is 13.0. The van der Waals surface area contributed by atoms with Crippen LogP contribution in [0.15, 0.2) is 17.2 Å². The summed E-state index contributed by atoms with van der Waals surface area (Å²) in [6.45, 7) is 5.05. The number of thioether (sulfide) groups is 1. The molecule has 34 heavy (non-hydrogen) atoms. The molecule has 0 unspecified atom stereocenters. The molecule has 1 aliphatic heterocycles. The van der Waals surface area contributed by atoms with E-state index in [0.29, 0.717) is 53.2 Å². The van der Waals surface area contributed by atoms with E-state index in [1.165, 1.54) is 11.8 Å². The molecule has 1 N–H and O–H groups in total. The Morgan fingerprint density at radius 3 is 2.65 bits per heavy atom. The number of carboxylic acids is 1. The Bertz CT molecular complexity index is 1010. The number of aryl methyl sites for hydroxylation is 1. The minimum Gasteiger partial charge on any atom is -0.478 e. The van der Waals surface area contributed by atoms with Gasteiger partial charge in [0.05, 0.1) is 12.3 Å². The van der Waals surface area contributed by atoms with Crippen LogP contribution in [-0.4, -0.2) is 46.0 Å². The number of halogens is 1. The van der Waals surface area contributed by atoms with Crippen LogP contribution in [0.5, 0.6) is 11.5 Å². The van der Waals surface area contributed by atoms with Crippen LogP contribution in [0, 0.1) is 0 Å². The molecule has 0 amide bonds. The fourth-order valence-corrected chi connectivity index (χ4v) is 4.95. The standard InChI is InChI=1S/C24H31ClN2O6S/c1-3-5-10-27-18(12-16-13-19-20(14-17(16)25)33-15-32-19)22(24(29)30)23(26-27)34-11-8-6-7-9-21(28)31-4-2/h13-14H,3-12,15H2,1-2H3,(H,29,30). The van der Waals surface area contributed by atoms with E-state index in [1.807, 2.05) is 6.07 Å². The van der Waals surface area contributed by atoms with E-state index in [2.05, 4.69) is 12.0 Å². The highest BCUT2D eigenvalue weighted by molar-refractivity contribution is 7.99. The average Bonchev–Trinajstić information content (AvgIpc) is 3.39. The van der Waals surface area contributed by atoms with Gasteiger partial charge in [-0.15, -0.1) is 11.8 Å². The Balaban J connectivity index is 1.74. The zero-order valence-corrected chi connectivity index (χ0v) is 21.2. The fraction of sp³-hybridized carbons (Fsp3) is 0.542. The molecule has 186 valence electrons. The lowest BCUT2D eigenvalue weighted by Gasteiger charge is -2.10. The van der Waals surface area contributed by atoms with Gasteiger partial charge in [0.2, 0.25) is 6.79 Å². The minimum absolute atomic E-state index is 0.143. The Kier molecular flexibility index (Phi) is 9.95. The minimum atomic E-state index is -1.00. The van der Waals surface area contributed by atoms with Crippen molar-refractivity contribution in [3.63, 3.8) is 0 Å². The summed E-state index contributed by atoms with van der Waals surface area (Å²) < 4.78 is 17.6. The number of carbonyl (C=O) groups is 2. The maximum Gasteiger partial charge on any atom is 0.340 e. The lowest BCUT2D eigenvalue weighted by atomic mass is 10.1. The predicted octanol–water partition coefficient (Wildman–Crippen LogP) is 5.57. The summed E-state index contributed by atoms with van der Waals surface area (Å²) in [5, 5.41) is 15.7. The van der Waals surface area contributed by atoms with Crippen molar-refractivity contribution in [3.8, 4) is 11.5 Å². The first-order chi connectivity index (χ1) is 16.4. The quantitative estimate of drug-likeness (QED) is 0.200. The van der Waals surface area contributed by atoms with Crippen LogP contribution in [0.25, 0.3) is 0 Å². The Labute approximate surface area is 208 Å². The smallest absolute Gasteiger partial charge is 0.340 e. The van der Waals surface area contributed by atoms with E-state index < -0.39 is 5.97 Å². The van der Waals surface area contributed by atoms with E-state index in [0.717, 1.165) is 43.4 Å². The molecular formula is C24H31ClN2O6S. The van der Waals surface area contributed by atoms with Gasteiger partial charge < -0.3 is 19.3 Å². The van der Waals surface area contributed by atoms with Crippen molar-refractivity contribution in [2.24, 2.45) is 0 Å². The summed E-state index contributed by atoms with van der Waals surface area (Å²) in [4.78, 5) is 23.7. The number of fused-ring (bicyclic) bond motifs is 1. The summed E-state index contributed by atoms with van der Waals surface area (Å²) in [5.74, 6) is 0.737. The van der Waals surface area contributed by atoms with Gasteiger partial charge in [0, 0.05) is 30.5 Å². The van der Waals surface area contributed by atoms with Gasteiger partial charge >= 0.3 is 11.9 Å². The van der Waals surface area contributed by atoms with Crippen molar-refractivity contribution in [3.05, 3.63) is 34.0 Å². The number of aromatic carboxylic acids is 1. The zero-order valence-electron chi connectivity index (χ0n) is 19.6. The molecule has 8 nitrogen and oxygen atoms in total. The SMILES string of the molecule is CCCCn1nc(SCCCCCC(=O)OCC)c(C(=O)O)c1Cc1cc2c(cc1Cl)OCO2. The molecule has 0 saturated carbocycles. The van der Waals surface area contributed by atoms with Gasteiger partial charge in [-0.2, -0.15) is 5.10 Å². The monoisotopic (exact) mass is 510 g/mol. The molecule has 0 atom stereocenters. The summed E-state index contributed by atoms with van der Waals surface area (Å²) in [7, 11) is 0. The van der Waals surface area contributed by atoms with Crippen molar-refractivity contribution in [1.29, 1.82) is 0 Å². The van der Waals surface area contributed by atoms with E-state index in [1.54, 1.807) is 17.7 Å². The normalized spacial score (nSPS) is 12.2. The Hall–Kier alpha value is -2.39. The number of ether oxygens (including phenoxy) is 3. The molecule has 3 rings (SSSR count). The van der Waals surface area contributed by atoms with Crippen LogP contribution in [0.3, 0.4) is 0 Å². The number of esters is 1. The van der Waals surface area contributed by atoms with Crippen LogP contribution in [0.2, 0.25) is 5.02 Å². The molecule has 1 aromatic carbocycles. The van der Waals surface area contributed by atoms with Crippen LogP contribution in [-0.2, 0) is 22.5 Å². The van der Waals surface area contributed by atoms with Crippen molar-refractivity contribution < 1.29 is 28.9 Å². The molecule has 0 aliphatic carbocycles. The second-order valence-electron chi connectivity index (χ2n) is 7.95. The number of hydrogen-bond donors (Lipinski definition) is 1. The third-order valence-electron chi connectivity index (χ3n) is 5.43. The first-order valence-electron chi connectivity index (χ1n) is 11.6. The second kappa shape index (κ2) is 12.9. The molecule has 0 radical (unpaired) electrons. The van der Waals surface area contributed by atoms with E-state index in [4.69, 9.17) is 25.8 Å². The van der Waals surface area contributed by atoms with Gasteiger partial charge in [-0.1, -0.05) is 31.4 Å². The third-order valence-corrected chi connectivity index (χ3v) is 6.84. The number of nitrogens with zero attached hydrogens (tertiary/aromatic N) is 2. The number of rotatable bonds is 14. The predicted molar refractivity (Wildman–Crippen MR) is 130 cm³/mol. The van der Waals surface area contributed by atoms with Crippen molar-refractivity contribution in [1.82, 2.24) is 9.78 Å². The number of unbranched alkanes of at least 4 members (excludes halogenated alkanes) is 3. The van der Waals surface area contributed by atoms with Crippen LogP contribution in [0.1, 0.15) is 74.0 Å². The van der Waals surface area contributed by atoms with E-state index in [-0.39, 0.29) is 18.3 Å². The largest absolute Gasteiger partial charge is 0.478 e. The molecule has 10 heteroatoms. The zero-order chi connectivity index (χ0) is 24.5. The van der Waals surface area contributed by atoms with E-state index >= 15 is 0 Å². The molecule has 0 fully saturated rings. The number of carbonyl (C=O) groups excluding carboxylic acids is 1. The lowest BCUT2D eigenvalue weighted by molar-refractivity contribution is -0.143. The van der Waals surface area contributed by atoms with Gasteiger partial charge in [0.15, 0.2) is 11.5 Å². The van der Waals surface area contributed by atoms with Crippen molar-refractivity contribution >= 4 is 35.3 Å². The molecule has 1 aromatic heterocycles. The maximum absolute atomic E-state index is 12.3. The Morgan fingerprint density at radius 2 is 1.94 bits per heavy atom. The lowest BCUT2D eigenvalue weighted by Crippen LogP contribution is -2.09. The second-order valence-corrected chi connectivity index (χ2v) is 9.44.